The lowest BCUT2D eigenvalue weighted by molar-refractivity contribution is -0.137. The molecule has 3 heterocycles. The van der Waals surface area contributed by atoms with Gasteiger partial charge in [0.15, 0.2) is 9.84 Å². The largest absolute Gasteiger partial charge is 0.334 e. The minimum atomic E-state index is -3.09. The summed E-state index contributed by atoms with van der Waals surface area (Å²) in [7, 11) is -3.09. The fourth-order valence-corrected chi connectivity index (χ4v) is 6.36. The van der Waals surface area contributed by atoms with E-state index in [0.717, 1.165) is 36.0 Å². The van der Waals surface area contributed by atoms with Crippen molar-refractivity contribution in [3.63, 3.8) is 0 Å². The first kappa shape index (κ1) is 18.0. The molecule has 0 unspecified atom stereocenters. The summed E-state index contributed by atoms with van der Waals surface area (Å²) >= 11 is 0. The molecule has 7 nitrogen and oxygen atoms in total. The normalized spacial score (nSPS) is 28.3. The quantitative estimate of drug-likeness (QED) is 0.762. The second kappa shape index (κ2) is 6.34. The van der Waals surface area contributed by atoms with Gasteiger partial charge in [0.2, 0.25) is 5.91 Å². The van der Waals surface area contributed by atoms with Gasteiger partial charge in [0.05, 0.1) is 23.2 Å². The second-order valence-electron chi connectivity index (χ2n) is 8.19. The topological polar surface area (TPSA) is 75.5 Å². The molecule has 0 radical (unpaired) electrons. The Bertz CT molecular complexity index is 828. The van der Waals surface area contributed by atoms with E-state index < -0.39 is 9.84 Å². The Morgan fingerprint density at radius 1 is 1.12 bits per heavy atom. The lowest BCUT2D eigenvalue weighted by Crippen LogP contribution is -2.61. The third-order valence-electron chi connectivity index (χ3n) is 6.33. The molecule has 2 atom stereocenters. The van der Waals surface area contributed by atoms with E-state index >= 15 is 0 Å². The molecule has 0 spiro atoms. The van der Waals surface area contributed by atoms with Crippen molar-refractivity contribution in [3.8, 4) is 0 Å². The molecule has 1 aliphatic carbocycles. The van der Waals surface area contributed by atoms with Crippen molar-refractivity contribution in [2.24, 2.45) is 5.92 Å². The van der Waals surface area contributed by atoms with Gasteiger partial charge in [0.25, 0.3) is 0 Å². The third kappa shape index (κ3) is 3.29. The van der Waals surface area contributed by atoms with Crippen LogP contribution in [0.4, 0.5) is 0 Å². The van der Waals surface area contributed by atoms with E-state index in [1.54, 1.807) is 4.68 Å². The van der Waals surface area contributed by atoms with Gasteiger partial charge in [-0.1, -0.05) is 0 Å². The van der Waals surface area contributed by atoms with E-state index in [9.17, 15) is 13.2 Å². The molecule has 0 aromatic carbocycles. The van der Waals surface area contributed by atoms with Gasteiger partial charge in [0.1, 0.15) is 6.54 Å². The average Bonchev–Trinajstić information content (AvgIpc) is 3.27. The number of carbonyl (C=O) groups excluding carboxylic acids is 1. The number of aromatic nitrogens is 2. The predicted molar refractivity (Wildman–Crippen MR) is 98.7 cm³/mol. The van der Waals surface area contributed by atoms with Crippen LogP contribution in [-0.4, -0.2) is 77.1 Å². The van der Waals surface area contributed by atoms with Crippen molar-refractivity contribution in [3.05, 3.63) is 17.0 Å². The molecule has 26 heavy (non-hydrogen) atoms. The number of sulfone groups is 1. The van der Waals surface area contributed by atoms with Crippen LogP contribution in [0.1, 0.15) is 29.8 Å². The molecular weight excluding hydrogens is 352 g/mol. The van der Waals surface area contributed by atoms with Crippen LogP contribution >= 0.6 is 0 Å². The third-order valence-corrected chi connectivity index (χ3v) is 8.03. The van der Waals surface area contributed by atoms with Crippen molar-refractivity contribution in [1.82, 2.24) is 19.6 Å². The number of amides is 1. The summed E-state index contributed by atoms with van der Waals surface area (Å²) in [5, 5.41) is 4.46. The molecule has 2 aliphatic heterocycles. The highest BCUT2D eigenvalue weighted by atomic mass is 32.2. The maximum atomic E-state index is 13.0. The lowest BCUT2D eigenvalue weighted by Gasteiger charge is -2.44. The number of hydrogen-bond acceptors (Lipinski definition) is 5. The molecule has 1 amide bonds. The Kier molecular flexibility index (Phi) is 4.38. The van der Waals surface area contributed by atoms with Crippen LogP contribution in [-0.2, 0) is 21.2 Å². The molecule has 4 rings (SSSR count). The van der Waals surface area contributed by atoms with Crippen molar-refractivity contribution >= 4 is 15.7 Å². The molecule has 3 fully saturated rings. The van der Waals surface area contributed by atoms with E-state index in [1.807, 2.05) is 25.7 Å². The Labute approximate surface area is 155 Å². The van der Waals surface area contributed by atoms with Crippen LogP contribution in [0.2, 0.25) is 0 Å². The Morgan fingerprint density at radius 2 is 1.81 bits per heavy atom. The van der Waals surface area contributed by atoms with Gasteiger partial charge < -0.3 is 4.90 Å². The van der Waals surface area contributed by atoms with Gasteiger partial charge in [0, 0.05) is 31.4 Å². The second-order valence-corrected chi connectivity index (χ2v) is 10.3. The molecular formula is C18H28N4O3S. The lowest BCUT2D eigenvalue weighted by atomic mass is 10.0. The molecule has 3 aliphatic rings. The minimum Gasteiger partial charge on any atom is -0.334 e. The van der Waals surface area contributed by atoms with E-state index in [-0.39, 0.29) is 36.0 Å². The first-order valence-electron chi connectivity index (χ1n) is 9.50. The number of nitrogens with zero attached hydrogens (tertiary/aromatic N) is 4. The van der Waals surface area contributed by atoms with Crippen LogP contribution in [0, 0.1) is 26.7 Å². The van der Waals surface area contributed by atoms with Crippen LogP contribution in [0.25, 0.3) is 0 Å². The Hall–Kier alpha value is -1.41. The van der Waals surface area contributed by atoms with Gasteiger partial charge in [-0.05, 0) is 45.1 Å². The number of carbonyl (C=O) groups is 1. The fourth-order valence-electron chi connectivity index (χ4n) is 4.35. The maximum Gasteiger partial charge on any atom is 0.244 e. The monoisotopic (exact) mass is 380 g/mol. The molecule has 2 saturated heterocycles. The summed E-state index contributed by atoms with van der Waals surface area (Å²) in [5.74, 6) is 0.987. The van der Waals surface area contributed by atoms with Crippen molar-refractivity contribution < 1.29 is 13.2 Å². The number of piperazine rings is 1. The zero-order valence-electron chi connectivity index (χ0n) is 15.8. The summed E-state index contributed by atoms with van der Waals surface area (Å²) in [5.41, 5.74) is 3.04. The molecule has 0 N–H and O–H groups in total. The van der Waals surface area contributed by atoms with Crippen molar-refractivity contribution in [2.75, 3.05) is 31.1 Å². The zero-order valence-corrected chi connectivity index (χ0v) is 16.6. The first-order valence-corrected chi connectivity index (χ1v) is 11.3. The van der Waals surface area contributed by atoms with Gasteiger partial charge in [-0.3, -0.25) is 14.4 Å². The van der Waals surface area contributed by atoms with Gasteiger partial charge >= 0.3 is 0 Å². The Balaban J connectivity index is 1.52. The summed E-state index contributed by atoms with van der Waals surface area (Å²) < 4.78 is 26.3. The first-order chi connectivity index (χ1) is 12.2. The van der Waals surface area contributed by atoms with E-state index in [4.69, 9.17) is 0 Å². The van der Waals surface area contributed by atoms with Crippen LogP contribution in [0.15, 0.2) is 0 Å². The minimum absolute atomic E-state index is 0.0197. The zero-order chi connectivity index (χ0) is 18.6. The number of aryl methyl sites for hydroxylation is 1. The molecule has 8 heteroatoms. The molecule has 1 aromatic rings. The summed E-state index contributed by atoms with van der Waals surface area (Å²) in [6.07, 6.45) is 2.50. The summed E-state index contributed by atoms with van der Waals surface area (Å²) in [4.78, 5) is 17.1. The van der Waals surface area contributed by atoms with Crippen molar-refractivity contribution in [1.29, 1.82) is 0 Å². The molecule has 0 bridgehead atoms. The molecule has 1 aromatic heterocycles. The van der Waals surface area contributed by atoms with Crippen LogP contribution in [0.3, 0.4) is 0 Å². The number of fused-ring (bicyclic) bond motifs is 1. The fraction of sp³-hybridized carbons (Fsp3) is 0.778. The van der Waals surface area contributed by atoms with Gasteiger partial charge in [-0.2, -0.15) is 5.10 Å². The smallest absolute Gasteiger partial charge is 0.244 e. The van der Waals surface area contributed by atoms with Gasteiger partial charge in [-0.25, -0.2) is 8.42 Å². The van der Waals surface area contributed by atoms with E-state index in [2.05, 4.69) is 10.00 Å². The summed E-state index contributed by atoms with van der Waals surface area (Å²) in [6, 6.07) is -0.251. The Morgan fingerprint density at radius 3 is 2.42 bits per heavy atom. The van der Waals surface area contributed by atoms with Crippen LogP contribution in [0.5, 0.6) is 0 Å². The average molecular weight is 381 g/mol. The summed E-state index contributed by atoms with van der Waals surface area (Å²) in [6.45, 7) is 8.48. The van der Waals surface area contributed by atoms with E-state index in [1.165, 1.54) is 12.8 Å². The van der Waals surface area contributed by atoms with Crippen molar-refractivity contribution in [2.45, 2.75) is 52.2 Å². The number of hydrogen-bond donors (Lipinski definition) is 0. The molecule has 144 valence electrons. The standard InChI is InChI=1S/C18H28N4O3S/c1-12-13(2)19-22(14(12)3)9-18(23)21-7-6-20(8-15-4-5-15)16-10-26(24,25)11-17(16)21/h15-17H,4-11H2,1-3H3/t16-,17+/m1/s1. The van der Waals surface area contributed by atoms with E-state index in [0.29, 0.717) is 6.54 Å². The molecule has 1 saturated carbocycles. The SMILES string of the molecule is Cc1nn(CC(=O)N2CCN(CC3CC3)[C@@H]3CS(=O)(=O)C[C@@H]32)c(C)c1C. The highest BCUT2D eigenvalue weighted by Gasteiger charge is 2.48. The highest BCUT2D eigenvalue weighted by molar-refractivity contribution is 7.91. The highest BCUT2D eigenvalue weighted by Crippen LogP contribution is 2.34. The maximum absolute atomic E-state index is 13.0. The predicted octanol–water partition coefficient (Wildman–Crippen LogP) is 0.528. The van der Waals surface area contributed by atoms with Gasteiger partial charge in [-0.15, -0.1) is 0 Å². The van der Waals surface area contributed by atoms with Crippen LogP contribution < -0.4 is 0 Å². The number of rotatable bonds is 4.